The topological polar surface area (TPSA) is 102 Å². The van der Waals surface area contributed by atoms with E-state index in [-0.39, 0.29) is 11.6 Å². The molecule has 166 valence electrons. The van der Waals surface area contributed by atoms with Gasteiger partial charge in [-0.05, 0) is 42.3 Å². The minimum Gasteiger partial charge on any atom is -0.497 e. The first-order valence-electron chi connectivity index (χ1n) is 10.5. The number of aryl methyl sites for hydroxylation is 1. The van der Waals surface area contributed by atoms with Crippen molar-refractivity contribution >= 4 is 11.7 Å². The van der Waals surface area contributed by atoms with E-state index in [2.05, 4.69) is 16.3 Å². The molecule has 0 atom stereocenters. The maximum Gasteiger partial charge on any atom is 0.358 e. The molecule has 3 aromatic rings. The molecule has 7 heteroatoms. The van der Waals surface area contributed by atoms with E-state index in [0.717, 1.165) is 11.1 Å². The Bertz CT molecular complexity index is 1220. The smallest absolute Gasteiger partial charge is 0.358 e. The highest BCUT2D eigenvalue weighted by Gasteiger charge is 2.38. The normalized spacial score (nSPS) is 19.1. The second-order valence-corrected chi connectivity index (χ2v) is 7.88. The van der Waals surface area contributed by atoms with E-state index in [0.29, 0.717) is 23.7 Å². The molecule has 0 bridgehead atoms. The molecule has 1 aromatic heterocycles. The molecule has 0 aliphatic heterocycles. The van der Waals surface area contributed by atoms with Crippen LogP contribution in [0.2, 0.25) is 0 Å². The van der Waals surface area contributed by atoms with Crippen molar-refractivity contribution in [2.24, 2.45) is 0 Å². The van der Waals surface area contributed by atoms with E-state index in [1.54, 1.807) is 18.9 Å². The third-order valence-corrected chi connectivity index (χ3v) is 5.81. The largest absolute Gasteiger partial charge is 0.497 e. The number of carboxylic acid groups (broad SMARTS) is 1. The molecule has 4 rings (SSSR count). The molecular formula is C26H24N4O3. The van der Waals surface area contributed by atoms with Gasteiger partial charge in [-0.3, -0.25) is 5.10 Å². The highest BCUT2D eigenvalue weighted by molar-refractivity contribution is 5.93. The summed E-state index contributed by atoms with van der Waals surface area (Å²) in [6.45, 7) is 2.05. The number of aromatic nitrogens is 2. The predicted molar refractivity (Wildman–Crippen MR) is 125 cm³/mol. The number of hydrogen-bond donors (Lipinski definition) is 2. The van der Waals surface area contributed by atoms with Crippen molar-refractivity contribution in [3.8, 4) is 11.8 Å². The fraction of sp³-hybridized carbons (Fsp3) is 0.192. The van der Waals surface area contributed by atoms with Gasteiger partial charge in [-0.25, -0.2) is 4.79 Å². The molecule has 33 heavy (non-hydrogen) atoms. The first-order valence-corrected chi connectivity index (χ1v) is 10.5. The number of aromatic carboxylic acids is 1. The van der Waals surface area contributed by atoms with Crippen LogP contribution in [-0.4, -0.2) is 33.9 Å². The van der Waals surface area contributed by atoms with Crippen LogP contribution in [0.1, 0.15) is 33.2 Å². The van der Waals surface area contributed by atoms with E-state index in [4.69, 9.17) is 4.74 Å². The molecule has 7 nitrogen and oxygen atoms in total. The van der Waals surface area contributed by atoms with E-state index in [9.17, 15) is 15.2 Å². The van der Waals surface area contributed by atoms with Crippen LogP contribution >= 0.6 is 0 Å². The van der Waals surface area contributed by atoms with Crippen LogP contribution in [0.15, 0.2) is 78.9 Å². The summed E-state index contributed by atoms with van der Waals surface area (Å²) >= 11 is 0. The Morgan fingerprint density at radius 2 is 1.85 bits per heavy atom. The number of H-pyrrole nitrogens is 1. The number of rotatable bonds is 7. The predicted octanol–water partition coefficient (Wildman–Crippen LogP) is 4.60. The molecule has 0 fully saturated rings. The van der Waals surface area contributed by atoms with Crippen molar-refractivity contribution in [3.63, 3.8) is 0 Å². The zero-order chi connectivity index (χ0) is 23.4. The van der Waals surface area contributed by atoms with Crippen molar-refractivity contribution in [1.82, 2.24) is 10.2 Å². The molecule has 0 saturated carbocycles. The number of nitrogens with one attached hydrogen (secondary N) is 1. The lowest BCUT2D eigenvalue weighted by atomic mass is 9.85. The van der Waals surface area contributed by atoms with Gasteiger partial charge in [0.1, 0.15) is 5.75 Å². The standard InChI is InChI=1S/C26H24N4O3/c1-18-24(23(25(31)32)29-28-18)30(16-19-8-10-22(33-2)11-9-19)26(17-27)14-12-21(13-15-26)20-6-4-3-5-7-20/h3-15,21H,16H2,1-2H3,(H,28,29)(H,31,32). The highest BCUT2D eigenvalue weighted by Crippen LogP contribution is 2.37. The molecular weight excluding hydrogens is 416 g/mol. The zero-order valence-electron chi connectivity index (χ0n) is 18.4. The van der Waals surface area contributed by atoms with Crippen LogP contribution in [0.25, 0.3) is 0 Å². The molecule has 2 N–H and O–H groups in total. The number of carbonyl (C=O) groups is 1. The lowest BCUT2D eigenvalue weighted by molar-refractivity contribution is 0.0691. The average molecular weight is 441 g/mol. The number of nitriles is 1. The fourth-order valence-electron chi connectivity index (χ4n) is 4.04. The SMILES string of the molecule is COc1ccc(CN(c2c(C(=O)O)n[nH]c2C)C2(C#N)C=CC(c3ccccc3)C=C2)cc1. The number of nitrogens with zero attached hydrogens (tertiary/aromatic N) is 3. The van der Waals surface area contributed by atoms with Gasteiger partial charge in [0.2, 0.25) is 0 Å². The molecule has 0 saturated heterocycles. The van der Waals surface area contributed by atoms with E-state index in [1.807, 2.05) is 78.9 Å². The van der Waals surface area contributed by atoms with Gasteiger partial charge >= 0.3 is 5.97 Å². The van der Waals surface area contributed by atoms with Gasteiger partial charge in [0.25, 0.3) is 0 Å². The maximum atomic E-state index is 11.9. The highest BCUT2D eigenvalue weighted by atomic mass is 16.5. The summed E-state index contributed by atoms with van der Waals surface area (Å²) in [7, 11) is 1.60. The Labute approximate surface area is 192 Å². The molecule has 1 aliphatic carbocycles. The summed E-state index contributed by atoms with van der Waals surface area (Å²) in [6.07, 6.45) is 7.64. The Balaban J connectivity index is 1.78. The third kappa shape index (κ3) is 4.23. The van der Waals surface area contributed by atoms with Gasteiger partial charge in [0.15, 0.2) is 11.2 Å². The number of benzene rings is 2. The van der Waals surface area contributed by atoms with Gasteiger partial charge in [0.05, 0.1) is 24.6 Å². The number of allylic oxidation sites excluding steroid dienone is 2. The summed E-state index contributed by atoms with van der Waals surface area (Å²) in [4.78, 5) is 13.7. The molecule has 1 aliphatic rings. The van der Waals surface area contributed by atoms with Crippen molar-refractivity contribution < 1.29 is 14.6 Å². The van der Waals surface area contributed by atoms with Crippen LogP contribution in [0.3, 0.4) is 0 Å². The number of carboxylic acids is 1. The number of aromatic amines is 1. The second kappa shape index (κ2) is 9.05. The fourth-order valence-corrected chi connectivity index (χ4v) is 4.04. The Morgan fingerprint density at radius 1 is 1.18 bits per heavy atom. The van der Waals surface area contributed by atoms with Gasteiger partial charge in [-0.2, -0.15) is 10.4 Å². The maximum absolute atomic E-state index is 11.9. The Morgan fingerprint density at radius 3 is 2.42 bits per heavy atom. The van der Waals surface area contributed by atoms with E-state index < -0.39 is 11.5 Å². The van der Waals surface area contributed by atoms with E-state index >= 15 is 0 Å². The van der Waals surface area contributed by atoms with Gasteiger partial charge in [-0.1, -0.05) is 54.6 Å². The summed E-state index contributed by atoms with van der Waals surface area (Å²) in [6, 6.07) is 19.9. The van der Waals surface area contributed by atoms with Crippen LogP contribution in [0.5, 0.6) is 5.75 Å². The quantitative estimate of drug-likeness (QED) is 0.521. The van der Waals surface area contributed by atoms with Crippen molar-refractivity contribution in [2.45, 2.75) is 24.9 Å². The average Bonchev–Trinajstić information content (AvgIpc) is 3.24. The van der Waals surface area contributed by atoms with Gasteiger partial charge in [0, 0.05) is 12.5 Å². The summed E-state index contributed by atoms with van der Waals surface area (Å²) in [5, 5.41) is 26.9. The zero-order valence-corrected chi connectivity index (χ0v) is 18.4. The lowest BCUT2D eigenvalue weighted by Gasteiger charge is -2.38. The third-order valence-electron chi connectivity index (χ3n) is 5.81. The molecule has 1 heterocycles. The molecule has 0 amide bonds. The lowest BCUT2D eigenvalue weighted by Crippen LogP contribution is -2.46. The Hall–Kier alpha value is -4.31. The summed E-state index contributed by atoms with van der Waals surface area (Å²) < 4.78 is 5.25. The number of methoxy groups -OCH3 is 1. The molecule has 2 aromatic carbocycles. The Kier molecular flexibility index (Phi) is 6.01. The van der Waals surface area contributed by atoms with E-state index in [1.165, 1.54) is 0 Å². The minimum atomic E-state index is -1.19. The van der Waals surface area contributed by atoms with Crippen LogP contribution in [-0.2, 0) is 6.54 Å². The summed E-state index contributed by atoms with van der Waals surface area (Å²) in [5.41, 5.74) is 1.65. The number of hydrogen-bond acceptors (Lipinski definition) is 5. The second-order valence-electron chi connectivity index (χ2n) is 7.88. The number of anilines is 1. The van der Waals surface area contributed by atoms with Crippen molar-refractivity contribution in [1.29, 1.82) is 5.26 Å². The van der Waals surface area contributed by atoms with Crippen molar-refractivity contribution in [2.75, 3.05) is 12.0 Å². The molecule has 0 radical (unpaired) electrons. The van der Waals surface area contributed by atoms with Crippen LogP contribution in [0.4, 0.5) is 5.69 Å². The van der Waals surface area contributed by atoms with Crippen LogP contribution in [0, 0.1) is 18.3 Å². The molecule has 0 unspecified atom stereocenters. The van der Waals surface area contributed by atoms with Crippen LogP contribution < -0.4 is 9.64 Å². The monoisotopic (exact) mass is 440 g/mol. The first kappa shape index (κ1) is 21.9. The van der Waals surface area contributed by atoms with Crippen molar-refractivity contribution in [3.05, 3.63) is 101 Å². The summed E-state index contributed by atoms with van der Waals surface area (Å²) in [5.74, 6) is -0.415. The number of ether oxygens (including phenoxy) is 1. The molecule has 0 spiro atoms. The van der Waals surface area contributed by atoms with Gasteiger partial charge in [-0.15, -0.1) is 0 Å². The van der Waals surface area contributed by atoms with Gasteiger partial charge < -0.3 is 14.7 Å². The first-order chi connectivity index (χ1) is 16.0. The minimum absolute atomic E-state index is 0.0277.